The number of pyridine rings is 1. The molecular weight excluding hydrogens is 264 g/mol. The van der Waals surface area contributed by atoms with E-state index in [4.69, 9.17) is 10.9 Å². The lowest BCUT2D eigenvalue weighted by atomic mass is 10.1. The number of oxime groups is 1. The van der Waals surface area contributed by atoms with Crippen LogP contribution in [0.3, 0.4) is 0 Å². The monoisotopic (exact) mass is 280 g/mol. The molecule has 0 aliphatic carbocycles. The van der Waals surface area contributed by atoms with E-state index in [0.29, 0.717) is 6.54 Å². The first kappa shape index (κ1) is 13.2. The minimum absolute atomic E-state index is 0.118. The van der Waals surface area contributed by atoms with E-state index in [2.05, 4.69) is 27.7 Å². The number of amidine groups is 1. The van der Waals surface area contributed by atoms with Gasteiger partial charge in [-0.25, -0.2) is 0 Å². The Bertz CT molecular complexity index is 820. The SMILES string of the molecule is Cc1cccnc1Cn1ccc2c(/C(N)=N/O)cccc21. The summed E-state index contributed by atoms with van der Waals surface area (Å²) in [7, 11) is 0. The van der Waals surface area contributed by atoms with Crippen molar-refractivity contribution >= 4 is 16.7 Å². The average molecular weight is 280 g/mol. The van der Waals surface area contributed by atoms with E-state index in [9.17, 15) is 0 Å². The number of nitrogens with two attached hydrogens (primary N) is 1. The molecule has 0 bridgehead atoms. The Morgan fingerprint density at radius 1 is 1.29 bits per heavy atom. The molecule has 21 heavy (non-hydrogen) atoms. The summed E-state index contributed by atoms with van der Waals surface area (Å²) >= 11 is 0. The third-order valence-corrected chi connectivity index (χ3v) is 3.64. The van der Waals surface area contributed by atoms with Crippen LogP contribution in [0.2, 0.25) is 0 Å². The van der Waals surface area contributed by atoms with E-state index >= 15 is 0 Å². The van der Waals surface area contributed by atoms with Gasteiger partial charge in [-0.15, -0.1) is 0 Å². The van der Waals surface area contributed by atoms with Crippen LogP contribution in [-0.2, 0) is 6.54 Å². The highest BCUT2D eigenvalue weighted by atomic mass is 16.4. The quantitative estimate of drug-likeness (QED) is 0.335. The number of hydrogen-bond donors (Lipinski definition) is 2. The third kappa shape index (κ3) is 2.33. The van der Waals surface area contributed by atoms with Gasteiger partial charge in [0, 0.05) is 28.9 Å². The van der Waals surface area contributed by atoms with Crippen molar-refractivity contribution in [3.05, 3.63) is 65.6 Å². The van der Waals surface area contributed by atoms with Crippen molar-refractivity contribution in [3.8, 4) is 0 Å². The lowest BCUT2D eigenvalue weighted by Gasteiger charge is -2.08. The molecule has 5 nitrogen and oxygen atoms in total. The van der Waals surface area contributed by atoms with Crippen LogP contribution in [0, 0.1) is 6.92 Å². The van der Waals surface area contributed by atoms with Crippen molar-refractivity contribution in [3.63, 3.8) is 0 Å². The Labute approximate surface area is 122 Å². The molecule has 0 aliphatic heterocycles. The molecule has 5 heteroatoms. The van der Waals surface area contributed by atoms with Crippen molar-refractivity contribution in [2.75, 3.05) is 0 Å². The Hall–Kier alpha value is -2.82. The molecule has 0 atom stereocenters. The molecule has 2 aromatic heterocycles. The summed E-state index contributed by atoms with van der Waals surface area (Å²) in [6.07, 6.45) is 3.79. The van der Waals surface area contributed by atoms with Crippen LogP contribution in [0.5, 0.6) is 0 Å². The molecule has 0 saturated carbocycles. The van der Waals surface area contributed by atoms with Gasteiger partial charge in [0.2, 0.25) is 0 Å². The third-order valence-electron chi connectivity index (χ3n) is 3.64. The molecule has 3 rings (SSSR count). The van der Waals surface area contributed by atoms with Gasteiger partial charge in [-0.3, -0.25) is 4.98 Å². The molecule has 0 unspecified atom stereocenters. The van der Waals surface area contributed by atoms with Crippen LogP contribution in [0.4, 0.5) is 0 Å². The second kappa shape index (κ2) is 5.28. The van der Waals surface area contributed by atoms with E-state index in [1.165, 1.54) is 0 Å². The molecule has 0 fully saturated rings. The van der Waals surface area contributed by atoms with Gasteiger partial charge in [0.25, 0.3) is 0 Å². The topological polar surface area (TPSA) is 76.4 Å². The van der Waals surface area contributed by atoms with E-state index in [1.54, 1.807) is 6.20 Å². The number of hydrogen-bond acceptors (Lipinski definition) is 3. The highest BCUT2D eigenvalue weighted by Crippen LogP contribution is 2.21. The molecule has 1 aromatic carbocycles. The van der Waals surface area contributed by atoms with Crippen molar-refractivity contribution in [2.45, 2.75) is 13.5 Å². The molecule has 0 radical (unpaired) electrons. The number of fused-ring (bicyclic) bond motifs is 1. The first-order chi connectivity index (χ1) is 10.2. The molecular formula is C16H16N4O. The molecule has 0 amide bonds. The second-order valence-corrected chi connectivity index (χ2v) is 4.93. The maximum atomic E-state index is 8.87. The van der Waals surface area contributed by atoms with Gasteiger partial charge in [-0.05, 0) is 30.7 Å². The fraction of sp³-hybridized carbons (Fsp3) is 0.125. The van der Waals surface area contributed by atoms with Crippen LogP contribution in [0.25, 0.3) is 10.9 Å². The molecule has 0 saturated heterocycles. The van der Waals surface area contributed by atoms with Crippen LogP contribution in [0.15, 0.2) is 53.9 Å². The summed E-state index contributed by atoms with van der Waals surface area (Å²) in [5.41, 5.74) is 9.68. The van der Waals surface area contributed by atoms with Gasteiger partial charge in [-0.1, -0.05) is 23.4 Å². The van der Waals surface area contributed by atoms with E-state index in [1.807, 2.05) is 36.5 Å². The normalized spacial score (nSPS) is 12.0. The number of aryl methyl sites for hydroxylation is 1. The van der Waals surface area contributed by atoms with Crippen LogP contribution in [0.1, 0.15) is 16.8 Å². The molecule has 106 valence electrons. The van der Waals surface area contributed by atoms with Crippen LogP contribution in [-0.4, -0.2) is 20.6 Å². The van der Waals surface area contributed by atoms with Crippen molar-refractivity contribution < 1.29 is 5.21 Å². The predicted molar refractivity (Wildman–Crippen MR) is 82.5 cm³/mol. The van der Waals surface area contributed by atoms with Gasteiger partial charge in [0.15, 0.2) is 5.84 Å². The van der Waals surface area contributed by atoms with Gasteiger partial charge in [0.05, 0.1) is 12.2 Å². The summed E-state index contributed by atoms with van der Waals surface area (Å²) in [5.74, 6) is 0.118. The summed E-state index contributed by atoms with van der Waals surface area (Å²) in [6, 6.07) is 11.7. The average Bonchev–Trinajstić information content (AvgIpc) is 2.92. The summed E-state index contributed by atoms with van der Waals surface area (Å²) in [6.45, 7) is 2.74. The second-order valence-electron chi connectivity index (χ2n) is 4.93. The maximum Gasteiger partial charge on any atom is 0.170 e. The largest absolute Gasteiger partial charge is 0.409 e. The molecule has 3 N–H and O–H groups in total. The fourth-order valence-corrected chi connectivity index (χ4v) is 2.48. The fourth-order valence-electron chi connectivity index (χ4n) is 2.48. The minimum Gasteiger partial charge on any atom is -0.409 e. The summed E-state index contributed by atoms with van der Waals surface area (Å²) in [4.78, 5) is 4.42. The Morgan fingerprint density at radius 3 is 2.90 bits per heavy atom. The highest BCUT2D eigenvalue weighted by Gasteiger charge is 2.10. The summed E-state index contributed by atoms with van der Waals surface area (Å²) in [5, 5.41) is 12.9. The first-order valence-corrected chi connectivity index (χ1v) is 6.67. The molecule has 2 heterocycles. The van der Waals surface area contributed by atoms with Crippen LogP contribution >= 0.6 is 0 Å². The zero-order valence-electron chi connectivity index (χ0n) is 11.7. The van der Waals surface area contributed by atoms with E-state index in [0.717, 1.165) is 27.7 Å². The number of rotatable bonds is 3. The Kier molecular flexibility index (Phi) is 3.31. The zero-order valence-corrected chi connectivity index (χ0v) is 11.7. The van der Waals surface area contributed by atoms with E-state index < -0.39 is 0 Å². The van der Waals surface area contributed by atoms with Gasteiger partial charge < -0.3 is 15.5 Å². The number of nitrogens with zero attached hydrogens (tertiary/aromatic N) is 3. The maximum absolute atomic E-state index is 8.87. The predicted octanol–water partition coefficient (Wildman–Crippen LogP) is 2.49. The Morgan fingerprint density at radius 2 is 2.14 bits per heavy atom. The molecule has 3 aromatic rings. The van der Waals surface area contributed by atoms with Crippen molar-refractivity contribution in [1.82, 2.24) is 9.55 Å². The smallest absolute Gasteiger partial charge is 0.170 e. The Balaban J connectivity index is 2.08. The van der Waals surface area contributed by atoms with Crippen LogP contribution < -0.4 is 5.73 Å². The number of aromatic nitrogens is 2. The first-order valence-electron chi connectivity index (χ1n) is 6.67. The van der Waals surface area contributed by atoms with Crippen molar-refractivity contribution in [2.24, 2.45) is 10.9 Å². The molecule has 0 spiro atoms. The highest BCUT2D eigenvalue weighted by molar-refractivity contribution is 6.08. The zero-order chi connectivity index (χ0) is 14.8. The van der Waals surface area contributed by atoms with Crippen molar-refractivity contribution in [1.29, 1.82) is 0 Å². The molecule has 0 aliphatic rings. The lowest BCUT2D eigenvalue weighted by Crippen LogP contribution is -2.13. The van der Waals surface area contributed by atoms with Gasteiger partial charge >= 0.3 is 0 Å². The lowest BCUT2D eigenvalue weighted by molar-refractivity contribution is 0.318. The van der Waals surface area contributed by atoms with Gasteiger partial charge in [-0.2, -0.15) is 0 Å². The summed E-state index contributed by atoms with van der Waals surface area (Å²) < 4.78 is 2.11. The minimum atomic E-state index is 0.118. The van der Waals surface area contributed by atoms with E-state index in [-0.39, 0.29) is 5.84 Å². The number of benzene rings is 1. The standard InChI is InChI=1S/C16H16N4O/c1-11-4-3-8-18-14(11)10-20-9-7-12-13(16(17)19-21)5-2-6-15(12)20/h2-9,21H,10H2,1H3,(H2,17,19). The van der Waals surface area contributed by atoms with Gasteiger partial charge in [0.1, 0.15) is 0 Å².